The molecular weight excluding hydrogens is 350 g/mol. The third kappa shape index (κ3) is 3.65. The maximum Gasteiger partial charge on any atom is 0.496 e. The number of hydrogen-bond acceptors (Lipinski definition) is 4. The molecule has 5 nitrogen and oxygen atoms in total. The quantitative estimate of drug-likeness (QED) is 0.821. The van der Waals surface area contributed by atoms with Crippen LogP contribution in [0.3, 0.4) is 0 Å². The number of hydrogen-bond donors (Lipinski definition) is 1. The van der Waals surface area contributed by atoms with Crippen molar-refractivity contribution in [3.8, 4) is 0 Å². The zero-order valence-corrected chi connectivity index (χ0v) is 16.8. The second-order valence-corrected chi connectivity index (χ2v) is 8.70. The first kappa shape index (κ1) is 19.7. The number of amides is 1. The average Bonchev–Trinajstić information content (AvgIpc) is 2.81. The highest BCUT2D eigenvalue weighted by molar-refractivity contribution is 6.65. The van der Waals surface area contributed by atoms with Crippen LogP contribution in [0.5, 0.6) is 0 Å². The Morgan fingerprint density at radius 1 is 1.23 bits per heavy atom. The molecule has 0 bridgehead atoms. The van der Waals surface area contributed by atoms with Gasteiger partial charge in [0.25, 0.3) is 5.91 Å². The van der Waals surface area contributed by atoms with Gasteiger partial charge in [0, 0.05) is 29.1 Å². The lowest BCUT2D eigenvalue weighted by Crippen LogP contribution is -2.41. The molecule has 7 heteroatoms. The number of carbonyl (C=O) groups excluding carboxylic acids is 1. The van der Waals surface area contributed by atoms with Crippen LogP contribution < -0.4 is 11.2 Å². The average molecular weight is 379 g/mol. The third-order valence-corrected chi connectivity index (χ3v) is 6.32. The second kappa shape index (κ2) is 7.15. The number of carbonyl (C=O) groups is 1. The van der Waals surface area contributed by atoms with E-state index in [1.165, 1.54) is 0 Å². The van der Waals surface area contributed by atoms with E-state index in [1.54, 1.807) is 6.07 Å². The van der Waals surface area contributed by atoms with Crippen molar-refractivity contribution in [2.24, 2.45) is 11.7 Å². The molecule has 1 aromatic carbocycles. The molecule has 142 valence electrons. The Bertz CT molecular complexity index is 671. The van der Waals surface area contributed by atoms with Gasteiger partial charge < -0.3 is 19.9 Å². The molecule has 26 heavy (non-hydrogen) atoms. The van der Waals surface area contributed by atoms with Crippen molar-refractivity contribution in [3.63, 3.8) is 0 Å². The van der Waals surface area contributed by atoms with E-state index in [-0.39, 0.29) is 5.91 Å². The first-order valence-electron chi connectivity index (χ1n) is 9.29. The van der Waals surface area contributed by atoms with E-state index in [2.05, 4.69) is 0 Å². The lowest BCUT2D eigenvalue weighted by molar-refractivity contribution is 0.00578. The van der Waals surface area contributed by atoms with Gasteiger partial charge in [-0.05, 0) is 65.1 Å². The van der Waals surface area contributed by atoms with Crippen molar-refractivity contribution in [2.75, 3.05) is 19.6 Å². The summed E-state index contributed by atoms with van der Waals surface area (Å²) in [5.41, 5.74) is 6.22. The van der Waals surface area contributed by atoms with E-state index in [4.69, 9.17) is 26.6 Å². The predicted octanol–water partition coefficient (Wildman–Crippen LogP) is 2.45. The molecule has 2 aliphatic rings. The minimum absolute atomic E-state index is 0.0165. The second-order valence-electron chi connectivity index (χ2n) is 8.30. The van der Waals surface area contributed by atoms with Crippen molar-refractivity contribution in [2.45, 2.75) is 51.7 Å². The van der Waals surface area contributed by atoms with Crippen LogP contribution >= 0.6 is 11.6 Å². The highest BCUT2D eigenvalue weighted by Gasteiger charge is 2.52. The number of halogens is 1. The summed E-state index contributed by atoms with van der Waals surface area (Å²) in [6.07, 6.45) is 1.92. The zero-order valence-electron chi connectivity index (χ0n) is 16.0. The SMILES string of the molecule is CC1(C)OB(c2ccc(C(=O)N3CCC(CN)CC3)cc2Cl)OC1(C)C. The van der Waals surface area contributed by atoms with Crippen molar-refractivity contribution in [3.05, 3.63) is 28.8 Å². The van der Waals surface area contributed by atoms with Crippen molar-refractivity contribution in [1.82, 2.24) is 4.90 Å². The Labute approximate surface area is 161 Å². The van der Waals surface area contributed by atoms with E-state index in [0.717, 1.165) is 31.4 Å². The molecule has 2 fully saturated rings. The lowest BCUT2D eigenvalue weighted by atomic mass is 9.78. The van der Waals surface area contributed by atoms with E-state index in [1.807, 2.05) is 44.7 Å². The minimum atomic E-state index is -0.531. The highest BCUT2D eigenvalue weighted by atomic mass is 35.5. The normalized spacial score (nSPS) is 22.7. The summed E-state index contributed by atoms with van der Waals surface area (Å²) in [6.45, 7) is 10.2. The minimum Gasteiger partial charge on any atom is -0.399 e. The van der Waals surface area contributed by atoms with Gasteiger partial charge in [0.2, 0.25) is 0 Å². The monoisotopic (exact) mass is 378 g/mol. The van der Waals surface area contributed by atoms with Crippen LogP contribution in [0, 0.1) is 5.92 Å². The van der Waals surface area contributed by atoms with Crippen molar-refractivity contribution >= 4 is 30.1 Å². The topological polar surface area (TPSA) is 64.8 Å². The number of benzene rings is 1. The standard InChI is InChI=1S/C19H28BClN2O3/c1-18(2)19(3,4)26-20(25-18)15-6-5-14(11-16(15)21)17(24)23-9-7-13(12-22)8-10-23/h5-6,11,13H,7-10,12,22H2,1-4H3. The van der Waals surface area contributed by atoms with Gasteiger partial charge in [-0.3, -0.25) is 4.79 Å². The van der Waals surface area contributed by atoms with Gasteiger partial charge in [0.15, 0.2) is 0 Å². The van der Waals surface area contributed by atoms with E-state index >= 15 is 0 Å². The smallest absolute Gasteiger partial charge is 0.399 e. The van der Waals surface area contributed by atoms with Gasteiger partial charge in [0.05, 0.1) is 11.2 Å². The van der Waals surface area contributed by atoms with Gasteiger partial charge in [-0.1, -0.05) is 17.7 Å². The predicted molar refractivity (Wildman–Crippen MR) is 105 cm³/mol. The first-order chi connectivity index (χ1) is 12.1. The molecule has 0 spiro atoms. The van der Waals surface area contributed by atoms with Crippen LogP contribution in [0.15, 0.2) is 18.2 Å². The largest absolute Gasteiger partial charge is 0.496 e. The highest BCUT2D eigenvalue weighted by Crippen LogP contribution is 2.37. The molecule has 2 heterocycles. The Kier molecular flexibility index (Phi) is 5.41. The first-order valence-corrected chi connectivity index (χ1v) is 9.67. The molecule has 2 N–H and O–H groups in total. The van der Waals surface area contributed by atoms with Gasteiger partial charge in [-0.15, -0.1) is 0 Å². The summed E-state index contributed by atoms with van der Waals surface area (Å²) in [7, 11) is -0.531. The van der Waals surface area contributed by atoms with Crippen LogP contribution in [0.1, 0.15) is 50.9 Å². The number of rotatable bonds is 3. The van der Waals surface area contributed by atoms with E-state index in [0.29, 0.717) is 23.0 Å². The fourth-order valence-corrected chi connectivity index (χ4v) is 3.65. The van der Waals surface area contributed by atoms with Gasteiger partial charge in [-0.25, -0.2) is 0 Å². The van der Waals surface area contributed by atoms with Crippen LogP contribution in [0.2, 0.25) is 5.02 Å². The Morgan fingerprint density at radius 3 is 2.31 bits per heavy atom. The number of likely N-dealkylation sites (tertiary alicyclic amines) is 1. The Morgan fingerprint density at radius 2 is 1.81 bits per heavy atom. The molecule has 2 aliphatic heterocycles. The zero-order chi connectivity index (χ0) is 19.1. The van der Waals surface area contributed by atoms with Crippen LogP contribution in [-0.4, -0.2) is 48.8 Å². The summed E-state index contributed by atoms with van der Waals surface area (Å²) in [6, 6.07) is 5.37. The van der Waals surface area contributed by atoms with Gasteiger partial charge in [-0.2, -0.15) is 0 Å². The maximum absolute atomic E-state index is 12.8. The molecule has 0 saturated carbocycles. The maximum atomic E-state index is 12.8. The summed E-state index contributed by atoms with van der Waals surface area (Å²) in [4.78, 5) is 14.6. The summed E-state index contributed by atoms with van der Waals surface area (Å²) in [5.74, 6) is 0.538. The lowest BCUT2D eigenvalue weighted by Gasteiger charge is -2.32. The summed E-state index contributed by atoms with van der Waals surface area (Å²) >= 11 is 6.48. The van der Waals surface area contributed by atoms with Crippen LogP contribution in [0.4, 0.5) is 0 Å². The molecule has 0 unspecified atom stereocenters. The number of piperidine rings is 1. The van der Waals surface area contributed by atoms with Crippen molar-refractivity contribution in [1.29, 1.82) is 0 Å². The van der Waals surface area contributed by atoms with E-state index in [9.17, 15) is 4.79 Å². The molecule has 2 saturated heterocycles. The Balaban J connectivity index is 1.73. The van der Waals surface area contributed by atoms with Crippen LogP contribution in [0.25, 0.3) is 0 Å². The summed E-state index contributed by atoms with van der Waals surface area (Å²) in [5, 5.41) is 0.492. The molecule has 1 aromatic rings. The third-order valence-electron chi connectivity index (χ3n) is 5.99. The molecule has 0 aliphatic carbocycles. The van der Waals surface area contributed by atoms with Gasteiger partial charge >= 0.3 is 7.12 Å². The number of nitrogens with two attached hydrogens (primary N) is 1. The van der Waals surface area contributed by atoms with Crippen molar-refractivity contribution < 1.29 is 14.1 Å². The number of nitrogens with zero attached hydrogens (tertiary/aromatic N) is 1. The molecule has 1 amide bonds. The Hall–Kier alpha value is -1.08. The van der Waals surface area contributed by atoms with E-state index < -0.39 is 18.3 Å². The van der Waals surface area contributed by atoms with Crippen LogP contribution in [-0.2, 0) is 9.31 Å². The fourth-order valence-electron chi connectivity index (χ4n) is 3.38. The molecular formula is C19H28BClN2O3. The fraction of sp³-hybridized carbons (Fsp3) is 0.632. The summed E-state index contributed by atoms with van der Waals surface area (Å²) < 4.78 is 12.1. The molecule has 0 radical (unpaired) electrons. The molecule has 0 atom stereocenters. The van der Waals surface area contributed by atoms with Gasteiger partial charge in [0.1, 0.15) is 0 Å². The molecule has 3 rings (SSSR count). The molecule has 0 aromatic heterocycles.